The van der Waals surface area contributed by atoms with Crippen molar-refractivity contribution in [1.82, 2.24) is 5.32 Å². The molecule has 2 aromatic heterocycles. The number of hydrogen-bond donors (Lipinski definition) is 1. The summed E-state index contributed by atoms with van der Waals surface area (Å²) >= 11 is 7.20. The lowest BCUT2D eigenvalue weighted by molar-refractivity contribution is 0.640. The van der Waals surface area contributed by atoms with Gasteiger partial charge in [0.15, 0.2) is 0 Å². The molecule has 0 saturated heterocycles. The van der Waals surface area contributed by atoms with Crippen LogP contribution < -0.4 is 5.32 Å². The molecule has 1 N–H and O–H groups in total. The van der Waals surface area contributed by atoms with Crippen LogP contribution in [0.5, 0.6) is 0 Å². The summed E-state index contributed by atoms with van der Waals surface area (Å²) in [6.45, 7) is 3.12. The second kappa shape index (κ2) is 5.75. The summed E-state index contributed by atoms with van der Waals surface area (Å²) < 4.78 is 3.90. The molecule has 0 saturated carbocycles. The molecular weight excluding hydrogens is 338 g/mol. The van der Waals surface area contributed by atoms with Crippen LogP contribution in [0, 0.1) is 0 Å². The Labute approximate surface area is 129 Å². The summed E-state index contributed by atoms with van der Waals surface area (Å²) in [7, 11) is 0. The van der Waals surface area contributed by atoms with E-state index in [9.17, 15) is 0 Å². The highest BCUT2D eigenvalue weighted by Crippen LogP contribution is 2.36. The summed E-state index contributed by atoms with van der Waals surface area (Å²) in [5.41, 5.74) is 1.32. The van der Waals surface area contributed by atoms with Gasteiger partial charge in [-0.25, -0.2) is 0 Å². The molecule has 1 aromatic carbocycles. The minimum atomic E-state index is 0.294. The van der Waals surface area contributed by atoms with E-state index >= 15 is 0 Å². The van der Waals surface area contributed by atoms with E-state index in [1.54, 1.807) is 0 Å². The molecule has 1 nitrogen and oxygen atoms in total. The van der Waals surface area contributed by atoms with Crippen molar-refractivity contribution in [3.05, 3.63) is 56.7 Å². The van der Waals surface area contributed by atoms with Gasteiger partial charge in [-0.15, -0.1) is 22.7 Å². The zero-order valence-corrected chi connectivity index (χ0v) is 13.7. The van der Waals surface area contributed by atoms with Crippen LogP contribution in [0.25, 0.3) is 9.40 Å². The Hall–Kier alpha value is -0.680. The van der Waals surface area contributed by atoms with E-state index in [1.165, 1.54) is 19.8 Å². The number of fused-ring (bicyclic) bond motifs is 1. The van der Waals surface area contributed by atoms with Crippen LogP contribution in [-0.2, 0) is 0 Å². The maximum Gasteiger partial charge on any atom is 0.0671 e. The Morgan fingerprint density at radius 3 is 2.63 bits per heavy atom. The number of hydrogen-bond acceptors (Lipinski definition) is 3. The van der Waals surface area contributed by atoms with Crippen LogP contribution in [0.2, 0.25) is 0 Å². The third kappa shape index (κ3) is 2.77. The molecule has 0 aliphatic carbocycles. The van der Waals surface area contributed by atoms with Gasteiger partial charge in [-0.05, 0) is 41.8 Å². The molecule has 3 rings (SSSR count). The van der Waals surface area contributed by atoms with Crippen molar-refractivity contribution in [3.8, 4) is 0 Å². The molecule has 0 amide bonds. The van der Waals surface area contributed by atoms with Gasteiger partial charge in [0.2, 0.25) is 0 Å². The van der Waals surface area contributed by atoms with Gasteiger partial charge in [-0.1, -0.05) is 35.0 Å². The highest BCUT2D eigenvalue weighted by atomic mass is 79.9. The molecule has 1 unspecified atom stereocenters. The second-order valence-electron chi connectivity index (χ2n) is 4.34. The summed E-state index contributed by atoms with van der Waals surface area (Å²) in [5.74, 6) is 0. The van der Waals surface area contributed by atoms with Crippen LogP contribution in [-0.4, -0.2) is 6.54 Å². The van der Waals surface area contributed by atoms with E-state index in [0.29, 0.717) is 6.04 Å². The fourth-order valence-corrected chi connectivity index (χ4v) is 4.66. The molecule has 0 fully saturated rings. The first-order chi connectivity index (χ1) is 9.28. The quantitative estimate of drug-likeness (QED) is 0.661. The van der Waals surface area contributed by atoms with E-state index in [4.69, 9.17) is 0 Å². The van der Waals surface area contributed by atoms with E-state index in [1.807, 2.05) is 22.7 Å². The van der Waals surface area contributed by atoms with Crippen LogP contribution in [0.1, 0.15) is 23.4 Å². The zero-order valence-electron chi connectivity index (χ0n) is 10.5. The molecule has 0 spiro atoms. The van der Waals surface area contributed by atoms with Crippen molar-refractivity contribution in [2.24, 2.45) is 0 Å². The summed E-state index contributed by atoms with van der Waals surface area (Å²) in [5, 5.41) is 5.74. The van der Waals surface area contributed by atoms with E-state index in [-0.39, 0.29) is 0 Å². The fourth-order valence-electron chi connectivity index (χ4n) is 2.17. The molecule has 4 heteroatoms. The molecule has 0 bridgehead atoms. The van der Waals surface area contributed by atoms with Crippen LogP contribution in [0.4, 0.5) is 0 Å². The van der Waals surface area contributed by atoms with E-state index < -0.39 is 0 Å². The number of thiophene rings is 2. The SMILES string of the molecule is CCNC(c1ccc(Br)cc1)c1cc2sccc2s1. The molecular formula is C15H14BrNS2. The Morgan fingerprint density at radius 1 is 1.16 bits per heavy atom. The standard InChI is InChI=1S/C15H14BrNS2/c1-2-17-15(10-3-5-11(16)6-4-10)14-9-13-12(19-14)7-8-18-13/h3-9,15,17H,2H2,1H3. The largest absolute Gasteiger partial charge is 0.306 e. The topological polar surface area (TPSA) is 12.0 Å². The van der Waals surface area contributed by atoms with Crippen molar-refractivity contribution in [2.75, 3.05) is 6.54 Å². The normalized spacial score (nSPS) is 12.9. The number of benzene rings is 1. The molecule has 1 atom stereocenters. The molecule has 0 aliphatic heterocycles. The first-order valence-corrected chi connectivity index (χ1v) is 8.72. The van der Waals surface area contributed by atoms with Crippen molar-refractivity contribution < 1.29 is 0 Å². The predicted molar refractivity (Wildman–Crippen MR) is 89.4 cm³/mol. The molecule has 19 heavy (non-hydrogen) atoms. The molecule has 0 radical (unpaired) electrons. The summed E-state index contributed by atoms with van der Waals surface area (Å²) in [6, 6.07) is 13.4. The maximum atomic E-state index is 3.59. The Bertz CT molecular complexity index is 640. The number of rotatable bonds is 4. The van der Waals surface area contributed by atoms with Crippen molar-refractivity contribution >= 4 is 48.0 Å². The van der Waals surface area contributed by atoms with Gasteiger partial charge in [0.1, 0.15) is 0 Å². The fraction of sp³-hybridized carbons (Fsp3) is 0.200. The highest BCUT2D eigenvalue weighted by Gasteiger charge is 2.16. The molecule has 98 valence electrons. The number of halogens is 1. The predicted octanol–water partition coefficient (Wildman–Crippen LogP) is 5.42. The third-order valence-corrected chi connectivity index (χ3v) is 5.74. The minimum absolute atomic E-state index is 0.294. The Morgan fingerprint density at radius 2 is 1.95 bits per heavy atom. The highest BCUT2D eigenvalue weighted by molar-refractivity contribution is 9.10. The first-order valence-electron chi connectivity index (χ1n) is 6.23. The molecule has 2 heterocycles. The van der Waals surface area contributed by atoms with E-state index in [2.05, 4.69) is 69.9 Å². The van der Waals surface area contributed by atoms with E-state index in [0.717, 1.165) is 11.0 Å². The lowest BCUT2D eigenvalue weighted by Crippen LogP contribution is -2.20. The van der Waals surface area contributed by atoms with Gasteiger partial charge >= 0.3 is 0 Å². The van der Waals surface area contributed by atoms with Gasteiger partial charge in [-0.2, -0.15) is 0 Å². The summed E-state index contributed by atoms with van der Waals surface area (Å²) in [4.78, 5) is 1.39. The van der Waals surface area contributed by atoms with Crippen LogP contribution >= 0.6 is 38.6 Å². The second-order valence-corrected chi connectivity index (χ2v) is 7.32. The monoisotopic (exact) mass is 351 g/mol. The lowest BCUT2D eigenvalue weighted by Gasteiger charge is -2.17. The van der Waals surface area contributed by atoms with Gasteiger partial charge in [0.05, 0.1) is 6.04 Å². The van der Waals surface area contributed by atoms with Crippen molar-refractivity contribution in [2.45, 2.75) is 13.0 Å². The average Bonchev–Trinajstić information content (AvgIpc) is 2.98. The minimum Gasteiger partial charge on any atom is -0.306 e. The van der Waals surface area contributed by atoms with Gasteiger partial charge in [-0.3, -0.25) is 0 Å². The number of nitrogens with one attached hydrogen (secondary N) is 1. The smallest absolute Gasteiger partial charge is 0.0671 e. The zero-order chi connectivity index (χ0) is 13.2. The van der Waals surface area contributed by atoms with Crippen LogP contribution in [0.3, 0.4) is 0 Å². The summed E-state index contributed by atoms with van der Waals surface area (Å²) in [6.07, 6.45) is 0. The lowest BCUT2D eigenvalue weighted by atomic mass is 10.1. The first kappa shape index (κ1) is 13.3. The van der Waals surface area contributed by atoms with Crippen molar-refractivity contribution in [1.29, 1.82) is 0 Å². The Balaban J connectivity index is 2.00. The average molecular weight is 352 g/mol. The van der Waals surface area contributed by atoms with Gasteiger partial charge in [0.25, 0.3) is 0 Å². The van der Waals surface area contributed by atoms with Crippen molar-refractivity contribution in [3.63, 3.8) is 0 Å². The molecule has 0 aliphatic rings. The van der Waals surface area contributed by atoms with Crippen LogP contribution in [0.15, 0.2) is 46.3 Å². The third-order valence-electron chi connectivity index (χ3n) is 3.05. The maximum absolute atomic E-state index is 3.59. The Kier molecular flexibility index (Phi) is 4.03. The van der Waals surface area contributed by atoms with Gasteiger partial charge < -0.3 is 5.32 Å². The molecule has 3 aromatic rings. The van der Waals surface area contributed by atoms with Gasteiger partial charge in [0, 0.05) is 18.7 Å².